The lowest BCUT2D eigenvalue weighted by molar-refractivity contribution is -0.139. The topological polar surface area (TPSA) is 96.0 Å². The number of halogens is 1. The van der Waals surface area contributed by atoms with E-state index < -0.39 is 28.5 Å². The first-order valence-electron chi connectivity index (χ1n) is 12.1. The summed E-state index contributed by atoms with van der Waals surface area (Å²) < 4.78 is 35.0. The Bertz CT molecular complexity index is 1360. The minimum atomic E-state index is -4.12. The molecule has 0 radical (unpaired) electrons. The number of hydrogen-bond acceptors (Lipinski definition) is 5. The molecule has 0 aliphatic heterocycles. The quantitative estimate of drug-likeness (QED) is 0.349. The summed E-state index contributed by atoms with van der Waals surface area (Å²) in [6.07, 6.45) is 0. The fourth-order valence-corrected chi connectivity index (χ4v) is 5.73. The van der Waals surface area contributed by atoms with Crippen LogP contribution in [-0.2, 0) is 26.2 Å². The monoisotopic (exact) mass is 601 g/mol. The summed E-state index contributed by atoms with van der Waals surface area (Å²) in [5.74, 6) is -0.298. The van der Waals surface area contributed by atoms with Gasteiger partial charge in [0.25, 0.3) is 10.0 Å². The number of nitrogens with one attached hydrogen (secondary N) is 1. The highest BCUT2D eigenvalue weighted by Crippen LogP contribution is 2.27. The maximum atomic E-state index is 13.8. The number of hydrogen-bond donors (Lipinski definition) is 1. The van der Waals surface area contributed by atoms with E-state index in [9.17, 15) is 18.0 Å². The van der Waals surface area contributed by atoms with Gasteiger partial charge in [-0.05, 0) is 74.9 Å². The van der Waals surface area contributed by atoms with Crippen molar-refractivity contribution in [2.45, 2.75) is 38.3 Å². The summed E-state index contributed by atoms with van der Waals surface area (Å²) in [5.41, 5.74) is 2.00. The molecule has 0 aliphatic carbocycles. The summed E-state index contributed by atoms with van der Waals surface area (Å²) in [4.78, 5) is 27.8. The van der Waals surface area contributed by atoms with Gasteiger partial charge in [-0.25, -0.2) is 8.42 Å². The third-order valence-electron chi connectivity index (χ3n) is 5.98. The molecule has 0 aromatic heterocycles. The zero-order valence-electron chi connectivity index (χ0n) is 21.8. The van der Waals surface area contributed by atoms with Crippen LogP contribution < -0.4 is 14.4 Å². The van der Waals surface area contributed by atoms with Crippen LogP contribution in [0.5, 0.6) is 5.75 Å². The highest BCUT2D eigenvalue weighted by atomic mass is 79.9. The third-order valence-corrected chi connectivity index (χ3v) is 8.26. The molecule has 0 saturated carbocycles. The van der Waals surface area contributed by atoms with E-state index in [1.165, 1.54) is 24.1 Å². The standard InChI is InChI=1S/C28H32BrN3O5S/c1-5-37-25-13-11-24(12-14-25)32(38(35,36)26-15-9-20(2)10-16-26)19-27(33)31(21(3)28(34)30-4)18-22-7-6-8-23(29)17-22/h6-17,21H,5,18-19H2,1-4H3,(H,30,34)/t21-/m1/s1. The van der Waals surface area contributed by atoms with Crippen molar-refractivity contribution in [2.24, 2.45) is 0 Å². The fourth-order valence-electron chi connectivity index (χ4n) is 3.87. The summed E-state index contributed by atoms with van der Waals surface area (Å²) in [6, 6.07) is 19.5. The van der Waals surface area contributed by atoms with Crippen LogP contribution in [0.3, 0.4) is 0 Å². The third kappa shape index (κ3) is 7.14. The molecular weight excluding hydrogens is 570 g/mol. The van der Waals surface area contributed by atoms with Gasteiger partial charge in [0.05, 0.1) is 17.2 Å². The number of carbonyl (C=O) groups excluding carboxylic acids is 2. The van der Waals surface area contributed by atoms with Gasteiger partial charge in [-0.2, -0.15) is 0 Å². The lowest BCUT2D eigenvalue weighted by Gasteiger charge is -2.31. The van der Waals surface area contributed by atoms with Crippen molar-refractivity contribution in [1.29, 1.82) is 0 Å². The van der Waals surface area contributed by atoms with E-state index in [0.717, 1.165) is 19.9 Å². The van der Waals surface area contributed by atoms with Gasteiger partial charge in [-0.1, -0.05) is 45.8 Å². The average molecular weight is 603 g/mol. The van der Waals surface area contributed by atoms with Gasteiger partial charge in [0, 0.05) is 18.1 Å². The molecule has 0 unspecified atom stereocenters. The van der Waals surface area contributed by atoms with Crippen LogP contribution >= 0.6 is 15.9 Å². The Morgan fingerprint density at radius 1 is 1.03 bits per heavy atom. The van der Waals surface area contributed by atoms with Crippen LogP contribution in [0.2, 0.25) is 0 Å². The van der Waals surface area contributed by atoms with Crippen molar-refractivity contribution in [2.75, 3.05) is 24.5 Å². The van der Waals surface area contributed by atoms with Gasteiger partial charge in [0.2, 0.25) is 11.8 Å². The van der Waals surface area contributed by atoms with E-state index in [2.05, 4.69) is 21.2 Å². The van der Waals surface area contributed by atoms with Crippen molar-refractivity contribution < 1.29 is 22.7 Å². The van der Waals surface area contributed by atoms with Crippen LogP contribution in [0, 0.1) is 6.92 Å². The molecule has 1 atom stereocenters. The second-order valence-corrected chi connectivity index (χ2v) is 11.5. The fraction of sp³-hybridized carbons (Fsp3) is 0.286. The lowest BCUT2D eigenvalue weighted by Crippen LogP contribution is -2.50. The summed E-state index contributed by atoms with van der Waals surface area (Å²) >= 11 is 3.43. The predicted molar refractivity (Wildman–Crippen MR) is 152 cm³/mol. The van der Waals surface area contributed by atoms with Crippen molar-refractivity contribution in [3.63, 3.8) is 0 Å². The van der Waals surface area contributed by atoms with E-state index in [0.29, 0.717) is 18.0 Å². The van der Waals surface area contributed by atoms with E-state index in [1.54, 1.807) is 43.3 Å². The first-order chi connectivity index (χ1) is 18.1. The Morgan fingerprint density at radius 3 is 2.26 bits per heavy atom. The molecule has 3 rings (SSSR count). The molecule has 0 heterocycles. The van der Waals surface area contributed by atoms with Crippen LogP contribution in [0.15, 0.2) is 82.2 Å². The van der Waals surface area contributed by atoms with Gasteiger partial charge in [-0.3, -0.25) is 13.9 Å². The number of ether oxygens (including phenoxy) is 1. The SMILES string of the molecule is CCOc1ccc(N(CC(=O)N(Cc2cccc(Br)c2)[C@H](C)C(=O)NC)S(=O)(=O)c2ccc(C)cc2)cc1. The van der Waals surface area contributed by atoms with Gasteiger partial charge in [0.1, 0.15) is 18.3 Å². The number of likely N-dealkylation sites (N-methyl/N-ethyl adjacent to an activating group) is 1. The highest BCUT2D eigenvalue weighted by Gasteiger charge is 2.32. The first kappa shape index (κ1) is 29.2. The average Bonchev–Trinajstić information content (AvgIpc) is 2.90. The Kier molecular flexibility index (Phi) is 9.93. The molecule has 0 bridgehead atoms. The Morgan fingerprint density at radius 2 is 1.68 bits per heavy atom. The van der Waals surface area contributed by atoms with Crippen LogP contribution in [0.4, 0.5) is 5.69 Å². The largest absolute Gasteiger partial charge is 0.494 e. The molecule has 38 heavy (non-hydrogen) atoms. The van der Waals surface area contributed by atoms with E-state index in [1.807, 2.05) is 38.1 Å². The molecule has 3 aromatic carbocycles. The number of nitrogens with zero attached hydrogens (tertiary/aromatic N) is 2. The predicted octanol–water partition coefficient (Wildman–Crippen LogP) is 4.51. The zero-order valence-corrected chi connectivity index (χ0v) is 24.3. The van der Waals surface area contributed by atoms with E-state index in [-0.39, 0.29) is 17.3 Å². The Balaban J connectivity index is 2.03. The van der Waals surface area contributed by atoms with Crippen molar-refractivity contribution in [3.8, 4) is 5.75 Å². The highest BCUT2D eigenvalue weighted by molar-refractivity contribution is 9.10. The van der Waals surface area contributed by atoms with Crippen LogP contribution in [0.1, 0.15) is 25.0 Å². The van der Waals surface area contributed by atoms with E-state index >= 15 is 0 Å². The molecule has 10 heteroatoms. The number of anilines is 1. The van der Waals surface area contributed by atoms with E-state index in [4.69, 9.17) is 4.74 Å². The van der Waals surface area contributed by atoms with Gasteiger partial charge >= 0.3 is 0 Å². The smallest absolute Gasteiger partial charge is 0.264 e. The maximum Gasteiger partial charge on any atom is 0.264 e. The van der Waals surface area contributed by atoms with Gasteiger partial charge in [0.15, 0.2) is 0 Å². The lowest BCUT2D eigenvalue weighted by atomic mass is 10.1. The molecule has 0 spiro atoms. The molecule has 3 aromatic rings. The van der Waals surface area contributed by atoms with Crippen LogP contribution in [-0.4, -0.2) is 51.4 Å². The Labute approximate surface area is 232 Å². The molecule has 0 aliphatic rings. The molecular formula is C28H32BrN3O5S. The molecule has 0 fully saturated rings. The minimum absolute atomic E-state index is 0.0580. The molecule has 1 N–H and O–H groups in total. The molecule has 2 amide bonds. The summed E-state index contributed by atoms with van der Waals surface area (Å²) in [7, 11) is -2.62. The molecule has 0 saturated heterocycles. The molecule has 202 valence electrons. The maximum absolute atomic E-state index is 13.8. The van der Waals surface area contributed by atoms with Crippen molar-refractivity contribution in [1.82, 2.24) is 10.2 Å². The number of rotatable bonds is 11. The van der Waals surface area contributed by atoms with Gasteiger partial charge < -0.3 is 15.0 Å². The minimum Gasteiger partial charge on any atom is -0.494 e. The summed E-state index contributed by atoms with van der Waals surface area (Å²) in [6.45, 7) is 5.42. The van der Waals surface area contributed by atoms with Crippen molar-refractivity contribution in [3.05, 3.63) is 88.4 Å². The summed E-state index contributed by atoms with van der Waals surface area (Å²) in [5, 5.41) is 2.57. The normalized spacial score (nSPS) is 11.9. The Hall–Kier alpha value is -3.37. The number of benzene rings is 3. The van der Waals surface area contributed by atoms with Gasteiger partial charge in [-0.15, -0.1) is 0 Å². The second kappa shape index (κ2) is 12.9. The van der Waals surface area contributed by atoms with Crippen LogP contribution in [0.25, 0.3) is 0 Å². The first-order valence-corrected chi connectivity index (χ1v) is 14.4. The second-order valence-electron chi connectivity index (χ2n) is 8.69. The number of carbonyl (C=O) groups is 2. The number of sulfonamides is 1. The number of amides is 2. The number of aryl methyl sites for hydroxylation is 1. The zero-order chi connectivity index (χ0) is 27.9. The molecule has 8 nitrogen and oxygen atoms in total. The van der Waals surface area contributed by atoms with Crippen molar-refractivity contribution >= 4 is 43.5 Å².